The topological polar surface area (TPSA) is 0 Å². The molecule has 0 nitrogen and oxygen atoms in total. The van der Waals surface area contributed by atoms with Gasteiger partial charge >= 0.3 is 0 Å². The summed E-state index contributed by atoms with van der Waals surface area (Å²) in [5.41, 5.74) is 2.79. The van der Waals surface area contributed by atoms with Gasteiger partial charge in [-0.2, -0.15) is 0 Å². The number of hydrogen-bond donors (Lipinski definition) is 0. The summed E-state index contributed by atoms with van der Waals surface area (Å²) in [6.45, 7) is 0. The number of halogens is 1. The molecule has 0 N–H and O–H groups in total. The Morgan fingerprint density at radius 3 is 2.64 bits per heavy atom. The Hall–Kier alpha value is -0.490. The third kappa shape index (κ3) is 1.41. The van der Waals surface area contributed by atoms with Crippen LogP contribution < -0.4 is 0 Å². The minimum Gasteiger partial charge on any atom is -0.122 e. The lowest BCUT2D eigenvalue weighted by Crippen LogP contribution is -1.86. The fourth-order valence-corrected chi connectivity index (χ4v) is 1.69. The van der Waals surface area contributed by atoms with Crippen LogP contribution in [0.15, 0.2) is 24.3 Å². The van der Waals surface area contributed by atoms with Crippen LogP contribution in [0.3, 0.4) is 0 Å². The Labute approximate surface area is 72.2 Å². The molecule has 11 heavy (non-hydrogen) atoms. The van der Waals surface area contributed by atoms with Crippen LogP contribution in [0.4, 0.5) is 0 Å². The van der Waals surface area contributed by atoms with Gasteiger partial charge in [-0.15, -0.1) is 11.6 Å². The summed E-state index contributed by atoms with van der Waals surface area (Å²) in [5, 5.41) is 0. The van der Waals surface area contributed by atoms with E-state index in [9.17, 15) is 0 Å². The minimum atomic E-state index is 0.659. The van der Waals surface area contributed by atoms with Gasteiger partial charge in [0.2, 0.25) is 0 Å². The molecule has 0 unspecified atom stereocenters. The van der Waals surface area contributed by atoms with Crippen molar-refractivity contribution in [2.24, 2.45) is 0 Å². The average molecular weight is 167 g/mol. The highest BCUT2D eigenvalue weighted by atomic mass is 35.5. The molecule has 1 heteroatoms. The maximum atomic E-state index is 5.80. The number of benzene rings is 1. The van der Waals surface area contributed by atoms with Crippen molar-refractivity contribution in [1.29, 1.82) is 0 Å². The molecule has 1 saturated carbocycles. The second-order valence-electron chi connectivity index (χ2n) is 3.11. The fraction of sp³-hybridized carbons (Fsp3) is 0.400. The third-order valence-electron chi connectivity index (χ3n) is 2.22. The Kier molecular flexibility index (Phi) is 1.87. The molecule has 1 aromatic carbocycles. The average Bonchev–Trinajstić information content (AvgIpc) is 2.87. The first-order valence-corrected chi connectivity index (χ1v) is 4.59. The van der Waals surface area contributed by atoms with Crippen molar-refractivity contribution in [3.05, 3.63) is 35.4 Å². The van der Waals surface area contributed by atoms with E-state index in [0.29, 0.717) is 5.88 Å². The SMILES string of the molecule is ClCc1ccccc1C1CC1. The predicted molar refractivity (Wildman–Crippen MR) is 48.0 cm³/mol. The Morgan fingerprint density at radius 2 is 2.00 bits per heavy atom. The van der Waals surface area contributed by atoms with Gasteiger partial charge in [0.1, 0.15) is 0 Å². The highest BCUT2D eigenvalue weighted by Gasteiger charge is 2.24. The second kappa shape index (κ2) is 2.86. The summed E-state index contributed by atoms with van der Waals surface area (Å²) in [4.78, 5) is 0. The summed E-state index contributed by atoms with van der Waals surface area (Å²) in [5.74, 6) is 1.48. The van der Waals surface area contributed by atoms with E-state index in [2.05, 4.69) is 24.3 Å². The summed E-state index contributed by atoms with van der Waals surface area (Å²) < 4.78 is 0. The van der Waals surface area contributed by atoms with Crippen molar-refractivity contribution < 1.29 is 0 Å². The van der Waals surface area contributed by atoms with Crippen molar-refractivity contribution in [1.82, 2.24) is 0 Å². The molecular formula is C10H11Cl. The zero-order valence-corrected chi connectivity index (χ0v) is 7.14. The van der Waals surface area contributed by atoms with E-state index in [4.69, 9.17) is 11.6 Å². The molecule has 0 bridgehead atoms. The third-order valence-corrected chi connectivity index (χ3v) is 2.50. The fourth-order valence-electron chi connectivity index (χ4n) is 1.45. The van der Waals surface area contributed by atoms with Gasteiger partial charge in [-0.25, -0.2) is 0 Å². The molecule has 0 radical (unpaired) electrons. The molecule has 0 aliphatic heterocycles. The smallest absolute Gasteiger partial charge is 0.0476 e. The molecule has 1 fully saturated rings. The van der Waals surface area contributed by atoms with Gasteiger partial charge in [-0.1, -0.05) is 24.3 Å². The molecule has 58 valence electrons. The number of alkyl halides is 1. The lowest BCUT2D eigenvalue weighted by atomic mass is 10.1. The van der Waals surface area contributed by atoms with Gasteiger partial charge < -0.3 is 0 Å². The molecule has 1 aromatic rings. The normalized spacial score (nSPS) is 16.8. The Balaban J connectivity index is 2.34. The molecular weight excluding hydrogens is 156 g/mol. The lowest BCUT2D eigenvalue weighted by molar-refractivity contribution is 1.09. The highest BCUT2D eigenvalue weighted by Crippen LogP contribution is 2.41. The zero-order chi connectivity index (χ0) is 7.68. The van der Waals surface area contributed by atoms with E-state index in [0.717, 1.165) is 5.92 Å². The van der Waals surface area contributed by atoms with Gasteiger partial charge in [0.15, 0.2) is 0 Å². The first-order chi connectivity index (χ1) is 5.42. The van der Waals surface area contributed by atoms with Gasteiger partial charge in [-0.05, 0) is 29.9 Å². The van der Waals surface area contributed by atoms with Crippen molar-refractivity contribution in [2.45, 2.75) is 24.6 Å². The Bertz CT molecular complexity index is 251. The molecule has 0 spiro atoms. The van der Waals surface area contributed by atoms with Gasteiger partial charge in [0.25, 0.3) is 0 Å². The van der Waals surface area contributed by atoms with E-state index in [-0.39, 0.29) is 0 Å². The van der Waals surface area contributed by atoms with Crippen LogP contribution in [0, 0.1) is 0 Å². The van der Waals surface area contributed by atoms with Crippen LogP contribution in [0.2, 0.25) is 0 Å². The first-order valence-electron chi connectivity index (χ1n) is 4.05. The largest absolute Gasteiger partial charge is 0.122 e. The van der Waals surface area contributed by atoms with E-state index in [1.165, 1.54) is 24.0 Å². The summed E-state index contributed by atoms with van der Waals surface area (Å²) in [6, 6.07) is 8.49. The Morgan fingerprint density at radius 1 is 1.27 bits per heavy atom. The molecule has 1 aliphatic carbocycles. The van der Waals surface area contributed by atoms with Crippen molar-refractivity contribution >= 4 is 11.6 Å². The molecule has 0 heterocycles. The zero-order valence-electron chi connectivity index (χ0n) is 6.39. The lowest BCUT2D eigenvalue weighted by Gasteiger charge is -2.03. The molecule has 0 atom stereocenters. The van der Waals surface area contributed by atoms with Gasteiger partial charge in [-0.3, -0.25) is 0 Å². The summed E-state index contributed by atoms with van der Waals surface area (Å²) in [7, 11) is 0. The molecule has 2 rings (SSSR count). The van der Waals surface area contributed by atoms with Gasteiger partial charge in [0.05, 0.1) is 0 Å². The van der Waals surface area contributed by atoms with E-state index >= 15 is 0 Å². The summed E-state index contributed by atoms with van der Waals surface area (Å²) in [6.07, 6.45) is 2.71. The van der Waals surface area contributed by atoms with Crippen LogP contribution in [-0.4, -0.2) is 0 Å². The molecule has 0 amide bonds. The first kappa shape index (κ1) is 7.17. The maximum absolute atomic E-state index is 5.80. The highest BCUT2D eigenvalue weighted by molar-refractivity contribution is 6.17. The quantitative estimate of drug-likeness (QED) is 0.592. The van der Waals surface area contributed by atoms with E-state index < -0.39 is 0 Å². The molecule has 1 aliphatic rings. The number of rotatable bonds is 2. The molecule has 0 saturated heterocycles. The van der Waals surface area contributed by atoms with E-state index in [1.54, 1.807) is 0 Å². The standard InChI is InChI=1S/C10H11Cl/c11-7-9-3-1-2-4-10(9)8-5-6-8/h1-4,8H,5-7H2. The van der Waals surface area contributed by atoms with E-state index in [1.807, 2.05) is 0 Å². The van der Waals surface area contributed by atoms with Crippen LogP contribution in [-0.2, 0) is 5.88 Å². The van der Waals surface area contributed by atoms with Crippen molar-refractivity contribution in [2.75, 3.05) is 0 Å². The van der Waals surface area contributed by atoms with Crippen LogP contribution in [0.25, 0.3) is 0 Å². The second-order valence-corrected chi connectivity index (χ2v) is 3.37. The summed E-state index contributed by atoms with van der Waals surface area (Å²) >= 11 is 5.80. The monoisotopic (exact) mass is 166 g/mol. The van der Waals surface area contributed by atoms with Gasteiger partial charge in [0, 0.05) is 5.88 Å². The maximum Gasteiger partial charge on any atom is 0.0476 e. The molecule has 0 aromatic heterocycles. The van der Waals surface area contributed by atoms with Crippen LogP contribution in [0.1, 0.15) is 29.9 Å². The number of hydrogen-bond acceptors (Lipinski definition) is 0. The van der Waals surface area contributed by atoms with Crippen molar-refractivity contribution in [3.8, 4) is 0 Å². The van der Waals surface area contributed by atoms with Crippen molar-refractivity contribution in [3.63, 3.8) is 0 Å². The predicted octanol–water partition coefficient (Wildman–Crippen LogP) is 3.30. The van der Waals surface area contributed by atoms with Crippen LogP contribution in [0.5, 0.6) is 0 Å². The van der Waals surface area contributed by atoms with Crippen LogP contribution >= 0.6 is 11.6 Å². The minimum absolute atomic E-state index is 0.659.